The van der Waals surface area contributed by atoms with E-state index in [2.05, 4.69) is 19.1 Å². The molecule has 0 spiro atoms. The van der Waals surface area contributed by atoms with E-state index in [4.69, 9.17) is 4.74 Å². The van der Waals surface area contributed by atoms with Crippen molar-refractivity contribution in [1.82, 2.24) is 0 Å². The highest BCUT2D eigenvalue weighted by Gasteiger charge is 2.16. The molecule has 4 heteroatoms. The Kier molecular flexibility index (Phi) is 4.20. The van der Waals surface area contributed by atoms with Gasteiger partial charge in [0.05, 0.1) is 18.1 Å². The Labute approximate surface area is 110 Å². The van der Waals surface area contributed by atoms with E-state index in [-0.39, 0.29) is 0 Å². The van der Waals surface area contributed by atoms with Crippen molar-refractivity contribution in [2.24, 2.45) is 0 Å². The number of methoxy groups -OCH3 is 1. The third-order valence-corrected chi connectivity index (χ3v) is 4.89. The van der Waals surface area contributed by atoms with Gasteiger partial charge in [0.2, 0.25) is 0 Å². The fraction of sp³-hybridized carbons (Fsp3) is 0.385. The quantitative estimate of drug-likeness (QED) is 0.896. The molecule has 2 nitrogen and oxygen atoms in total. The molecule has 0 saturated carbocycles. The maximum atomic E-state index is 10.2. The molecule has 0 saturated heterocycles. The third-order valence-electron chi connectivity index (χ3n) is 2.64. The van der Waals surface area contributed by atoms with E-state index >= 15 is 0 Å². The van der Waals surface area contributed by atoms with Gasteiger partial charge in [0, 0.05) is 16.2 Å². The fourth-order valence-corrected chi connectivity index (χ4v) is 3.57. The lowest BCUT2D eigenvalue weighted by Crippen LogP contribution is -1.99. The summed E-state index contributed by atoms with van der Waals surface area (Å²) in [7, 11) is 1.64. The second kappa shape index (κ2) is 5.67. The molecule has 2 heterocycles. The number of aryl methyl sites for hydroxylation is 1. The highest BCUT2D eigenvalue weighted by atomic mass is 32.1. The molecular weight excluding hydrogens is 252 g/mol. The smallest absolute Gasteiger partial charge is 0.135 e. The molecule has 1 N–H and O–H groups in total. The molecule has 92 valence electrons. The molecule has 2 aromatic rings. The number of rotatable bonds is 5. The van der Waals surface area contributed by atoms with Crippen molar-refractivity contribution in [1.29, 1.82) is 0 Å². The molecular formula is C13H16O2S2. The van der Waals surface area contributed by atoms with Gasteiger partial charge < -0.3 is 9.84 Å². The van der Waals surface area contributed by atoms with E-state index in [1.54, 1.807) is 29.8 Å². The molecule has 17 heavy (non-hydrogen) atoms. The Hall–Kier alpha value is -0.840. The Morgan fingerprint density at radius 2 is 2.06 bits per heavy atom. The van der Waals surface area contributed by atoms with Crippen molar-refractivity contribution in [3.63, 3.8) is 0 Å². The van der Waals surface area contributed by atoms with Crippen molar-refractivity contribution < 1.29 is 9.84 Å². The average Bonchev–Trinajstić information content (AvgIpc) is 2.96. The van der Waals surface area contributed by atoms with Crippen molar-refractivity contribution in [3.05, 3.63) is 38.2 Å². The summed E-state index contributed by atoms with van der Waals surface area (Å²) < 4.78 is 5.22. The molecule has 0 fully saturated rings. The van der Waals surface area contributed by atoms with Gasteiger partial charge in [-0.3, -0.25) is 0 Å². The Balaban J connectivity index is 2.08. The molecule has 0 aliphatic rings. The zero-order valence-electron chi connectivity index (χ0n) is 9.97. The molecule has 2 aromatic heterocycles. The van der Waals surface area contributed by atoms with Crippen LogP contribution in [0.2, 0.25) is 0 Å². The first-order chi connectivity index (χ1) is 8.24. The molecule has 0 radical (unpaired) electrons. The van der Waals surface area contributed by atoms with E-state index in [9.17, 15) is 5.11 Å². The minimum Gasteiger partial charge on any atom is -0.495 e. The second-order valence-corrected chi connectivity index (χ2v) is 6.00. The van der Waals surface area contributed by atoms with Crippen LogP contribution in [0, 0.1) is 0 Å². The maximum Gasteiger partial charge on any atom is 0.135 e. The predicted molar refractivity (Wildman–Crippen MR) is 73.2 cm³/mol. The number of hydrogen-bond acceptors (Lipinski definition) is 4. The summed E-state index contributed by atoms with van der Waals surface area (Å²) in [6.07, 6.45) is 1.26. The van der Waals surface area contributed by atoms with Crippen LogP contribution < -0.4 is 4.74 Å². The summed E-state index contributed by atoms with van der Waals surface area (Å²) >= 11 is 3.32. The minimum atomic E-state index is -0.465. The summed E-state index contributed by atoms with van der Waals surface area (Å²) in [5, 5.41) is 12.1. The number of thiophene rings is 2. The van der Waals surface area contributed by atoms with E-state index in [0.29, 0.717) is 6.42 Å². The Morgan fingerprint density at radius 3 is 2.71 bits per heavy atom. The summed E-state index contributed by atoms with van der Waals surface area (Å²) in [6.45, 7) is 2.15. The van der Waals surface area contributed by atoms with Gasteiger partial charge in [0.25, 0.3) is 0 Å². The van der Waals surface area contributed by atoms with E-state index in [0.717, 1.165) is 17.0 Å². The van der Waals surface area contributed by atoms with Gasteiger partial charge in [0.1, 0.15) is 5.75 Å². The molecule has 0 amide bonds. The number of ether oxygens (including phenoxy) is 1. The number of aliphatic hydroxyl groups excluding tert-OH is 1. The van der Waals surface area contributed by atoms with Crippen molar-refractivity contribution in [2.75, 3.05) is 7.11 Å². The monoisotopic (exact) mass is 268 g/mol. The maximum absolute atomic E-state index is 10.2. The van der Waals surface area contributed by atoms with Gasteiger partial charge in [-0.2, -0.15) is 0 Å². The van der Waals surface area contributed by atoms with Gasteiger partial charge in [-0.05, 0) is 30.0 Å². The van der Waals surface area contributed by atoms with Crippen LogP contribution in [-0.2, 0) is 12.8 Å². The third kappa shape index (κ3) is 2.89. The van der Waals surface area contributed by atoms with Crippen molar-refractivity contribution >= 4 is 22.7 Å². The van der Waals surface area contributed by atoms with E-state index < -0.39 is 6.10 Å². The molecule has 0 aromatic carbocycles. The second-order valence-electron chi connectivity index (χ2n) is 3.79. The lowest BCUT2D eigenvalue weighted by Gasteiger charge is -2.09. The van der Waals surface area contributed by atoms with Gasteiger partial charge in [-0.25, -0.2) is 0 Å². The van der Waals surface area contributed by atoms with Gasteiger partial charge >= 0.3 is 0 Å². The zero-order valence-corrected chi connectivity index (χ0v) is 11.6. The highest BCUT2D eigenvalue weighted by Crippen LogP contribution is 2.33. The normalized spacial score (nSPS) is 12.6. The van der Waals surface area contributed by atoms with Gasteiger partial charge in [0.15, 0.2) is 0 Å². The first-order valence-electron chi connectivity index (χ1n) is 5.61. The lowest BCUT2D eigenvalue weighted by molar-refractivity contribution is 0.179. The lowest BCUT2D eigenvalue weighted by atomic mass is 10.2. The fourth-order valence-electron chi connectivity index (χ4n) is 1.73. The van der Waals surface area contributed by atoms with Crippen LogP contribution in [0.3, 0.4) is 0 Å². The van der Waals surface area contributed by atoms with Crippen LogP contribution in [0.25, 0.3) is 0 Å². The summed E-state index contributed by atoms with van der Waals surface area (Å²) in [5.74, 6) is 0.787. The summed E-state index contributed by atoms with van der Waals surface area (Å²) in [6, 6.07) is 6.14. The van der Waals surface area contributed by atoms with Crippen LogP contribution in [0.5, 0.6) is 5.75 Å². The van der Waals surface area contributed by atoms with Crippen molar-refractivity contribution in [2.45, 2.75) is 25.9 Å². The first-order valence-corrected chi connectivity index (χ1v) is 7.31. The molecule has 1 unspecified atom stereocenters. The molecule has 0 aliphatic carbocycles. The van der Waals surface area contributed by atoms with Crippen LogP contribution in [0.4, 0.5) is 0 Å². The standard InChI is InChI=1S/C13H16O2S2/c1-3-9-4-5-10(17-9)8-11(14)13-12(15-2)6-7-16-13/h4-7,11,14H,3,8H2,1-2H3. The zero-order chi connectivity index (χ0) is 12.3. The van der Waals surface area contributed by atoms with Crippen LogP contribution >= 0.6 is 22.7 Å². The minimum absolute atomic E-state index is 0.465. The van der Waals surface area contributed by atoms with E-state index in [1.807, 2.05) is 11.4 Å². The first kappa shape index (κ1) is 12.6. The number of aliphatic hydroxyl groups is 1. The largest absolute Gasteiger partial charge is 0.495 e. The summed E-state index contributed by atoms with van der Waals surface area (Å²) in [4.78, 5) is 3.51. The van der Waals surface area contributed by atoms with Crippen LogP contribution in [-0.4, -0.2) is 12.2 Å². The molecule has 1 atom stereocenters. The molecule has 2 rings (SSSR count). The average molecular weight is 268 g/mol. The highest BCUT2D eigenvalue weighted by molar-refractivity contribution is 7.12. The van der Waals surface area contributed by atoms with Crippen LogP contribution in [0.1, 0.15) is 27.7 Å². The number of hydrogen-bond donors (Lipinski definition) is 1. The van der Waals surface area contributed by atoms with Gasteiger partial charge in [-0.1, -0.05) is 6.92 Å². The van der Waals surface area contributed by atoms with E-state index in [1.165, 1.54) is 9.75 Å². The SMILES string of the molecule is CCc1ccc(CC(O)c2sccc2OC)s1. The Morgan fingerprint density at radius 1 is 1.29 bits per heavy atom. The van der Waals surface area contributed by atoms with Gasteiger partial charge in [-0.15, -0.1) is 22.7 Å². The molecule has 0 aliphatic heterocycles. The van der Waals surface area contributed by atoms with Crippen LogP contribution in [0.15, 0.2) is 23.6 Å². The Bertz CT molecular complexity index is 473. The van der Waals surface area contributed by atoms with Crippen molar-refractivity contribution in [3.8, 4) is 5.75 Å². The topological polar surface area (TPSA) is 29.5 Å². The summed E-state index contributed by atoms with van der Waals surface area (Å²) in [5.41, 5.74) is 0. The predicted octanol–water partition coefficient (Wildman–Crippen LogP) is 3.66. The molecule has 0 bridgehead atoms.